The normalized spacial score (nSPS) is 10.4. The van der Waals surface area contributed by atoms with Crippen molar-refractivity contribution in [3.05, 3.63) is 65.6 Å². The number of hydrogen-bond donors (Lipinski definition) is 1. The molecule has 0 fully saturated rings. The first kappa shape index (κ1) is 10.5. The predicted molar refractivity (Wildman–Crippen MR) is 67.4 cm³/mol. The first-order valence-electron chi connectivity index (χ1n) is 5.47. The van der Waals surface area contributed by atoms with Gasteiger partial charge < -0.3 is 0 Å². The lowest BCUT2D eigenvalue weighted by Crippen LogP contribution is -2.16. The molecular formula is C13H10N4O. The molecule has 0 unspecified atom stereocenters. The van der Waals surface area contributed by atoms with Crippen LogP contribution in [0.1, 0.15) is 0 Å². The van der Waals surface area contributed by atoms with Crippen molar-refractivity contribution in [3.63, 3.8) is 0 Å². The minimum atomic E-state index is -0.0755. The van der Waals surface area contributed by atoms with Crippen LogP contribution in [0.4, 0.5) is 0 Å². The number of H-pyrrole nitrogens is 1. The summed E-state index contributed by atoms with van der Waals surface area (Å²) in [7, 11) is 0. The summed E-state index contributed by atoms with van der Waals surface area (Å²) >= 11 is 0. The quantitative estimate of drug-likeness (QED) is 0.738. The summed E-state index contributed by atoms with van der Waals surface area (Å²) in [6.45, 7) is 0. The van der Waals surface area contributed by atoms with Crippen LogP contribution in [0.2, 0.25) is 0 Å². The van der Waals surface area contributed by atoms with E-state index < -0.39 is 0 Å². The lowest BCUT2D eigenvalue weighted by molar-refractivity contribution is 0.987. The first-order valence-corrected chi connectivity index (χ1v) is 5.47. The van der Waals surface area contributed by atoms with Gasteiger partial charge in [-0.2, -0.15) is 5.10 Å². The highest BCUT2D eigenvalue weighted by Crippen LogP contribution is 2.16. The smallest absolute Gasteiger partial charge is 0.255 e. The van der Waals surface area contributed by atoms with Gasteiger partial charge >= 0.3 is 0 Å². The molecule has 18 heavy (non-hydrogen) atoms. The second-order valence-corrected chi connectivity index (χ2v) is 3.82. The SMILES string of the molecule is O=c1ccc(-c2cn[nH]c2)cn1-c1ccncc1. The fourth-order valence-electron chi connectivity index (χ4n) is 1.77. The maximum Gasteiger partial charge on any atom is 0.255 e. The lowest BCUT2D eigenvalue weighted by Gasteiger charge is -2.06. The molecule has 0 spiro atoms. The second kappa shape index (κ2) is 4.29. The van der Waals surface area contributed by atoms with Crippen LogP contribution in [0.25, 0.3) is 16.8 Å². The molecule has 3 aromatic rings. The summed E-state index contributed by atoms with van der Waals surface area (Å²) in [5, 5.41) is 6.66. The zero-order valence-electron chi connectivity index (χ0n) is 9.45. The summed E-state index contributed by atoms with van der Waals surface area (Å²) in [5.74, 6) is 0. The van der Waals surface area contributed by atoms with E-state index in [4.69, 9.17) is 0 Å². The van der Waals surface area contributed by atoms with Gasteiger partial charge in [0.05, 0.1) is 11.9 Å². The average molecular weight is 238 g/mol. The molecule has 5 nitrogen and oxygen atoms in total. The maximum atomic E-state index is 11.9. The van der Waals surface area contributed by atoms with Crippen molar-refractivity contribution >= 4 is 0 Å². The van der Waals surface area contributed by atoms with Gasteiger partial charge in [-0.05, 0) is 18.2 Å². The average Bonchev–Trinajstić information content (AvgIpc) is 2.94. The van der Waals surface area contributed by atoms with Crippen LogP contribution in [0.3, 0.4) is 0 Å². The van der Waals surface area contributed by atoms with Crippen LogP contribution in [0.15, 0.2) is 60.0 Å². The molecule has 1 N–H and O–H groups in total. The summed E-state index contributed by atoms with van der Waals surface area (Å²) in [6, 6.07) is 6.91. The van der Waals surface area contributed by atoms with Gasteiger partial charge in [0, 0.05) is 42.0 Å². The largest absolute Gasteiger partial charge is 0.285 e. The van der Waals surface area contributed by atoms with Gasteiger partial charge in [-0.1, -0.05) is 0 Å². The summed E-state index contributed by atoms with van der Waals surface area (Å²) in [4.78, 5) is 15.8. The second-order valence-electron chi connectivity index (χ2n) is 3.82. The number of rotatable bonds is 2. The van der Waals surface area contributed by atoms with Crippen LogP contribution in [0.5, 0.6) is 0 Å². The molecule has 0 aliphatic carbocycles. The van der Waals surface area contributed by atoms with E-state index in [9.17, 15) is 4.79 Å². The van der Waals surface area contributed by atoms with E-state index in [1.165, 1.54) is 0 Å². The summed E-state index contributed by atoms with van der Waals surface area (Å²) in [6.07, 6.45) is 8.62. The first-order chi connectivity index (χ1) is 8.84. The number of aromatic amines is 1. The minimum absolute atomic E-state index is 0.0755. The Morgan fingerprint density at radius 1 is 1.06 bits per heavy atom. The van der Waals surface area contributed by atoms with Crippen molar-refractivity contribution < 1.29 is 0 Å². The number of nitrogens with one attached hydrogen (secondary N) is 1. The van der Waals surface area contributed by atoms with E-state index >= 15 is 0 Å². The highest BCUT2D eigenvalue weighted by molar-refractivity contribution is 5.60. The number of aromatic nitrogens is 4. The summed E-state index contributed by atoms with van der Waals surface area (Å²) in [5.41, 5.74) is 2.59. The molecule has 0 radical (unpaired) electrons. The maximum absolute atomic E-state index is 11.9. The van der Waals surface area contributed by atoms with E-state index in [0.717, 1.165) is 16.8 Å². The molecular weight excluding hydrogens is 228 g/mol. The van der Waals surface area contributed by atoms with Crippen LogP contribution in [0, 0.1) is 0 Å². The predicted octanol–water partition coefficient (Wildman–Crippen LogP) is 1.62. The molecule has 0 amide bonds. The number of pyridine rings is 2. The molecule has 0 atom stereocenters. The van der Waals surface area contributed by atoms with Crippen LogP contribution in [-0.4, -0.2) is 19.7 Å². The van der Waals surface area contributed by atoms with Gasteiger partial charge in [-0.15, -0.1) is 0 Å². The van der Waals surface area contributed by atoms with E-state index in [1.54, 1.807) is 59.8 Å². The van der Waals surface area contributed by atoms with Crippen molar-refractivity contribution in [2.45, 2.75) is 0 Å². The third-order valence-corrected chi connectivity index (χ3v) is 2.68. The van der Waals surface area contributed by atoms with Crippen molar-refractivity contribution in [3.8, 4) is 16.8 Å². The van der Waals surface area contributed by atoms with E-state index in [2.05, 4.69) is 15.2 Å². The highest BCUT2D eigenvalue weighted by Gasteiger charge is 2.03. The van der Waals surface area contributed by atoms with Gasteiger partial charge in [0.25, 0.3) is 5.56 Å². The van der Waals surface area contributed by atoms with E-state index in [0.29, 0.717) is 0 Å². The third-order valence-electron chi connectivity index (χ3n) is 2.68. The summed E-state index contributed by atoms with van der Waals surface area (Å²) < 4.78 is 1.59. The molecule has 88 valence electrons. The third kappa shape index (κ3) is 1.82. The Balaban J connectivity index is 2.16. The van der Waals surface area contributed by atoms with Crippen molar-refractivity contribution in [2.75, 3.05) is 0 Å². The fourth-order valence-corrected chi connectivity index (χ4v) is 1.77. The molecule has 0 aromatic carbocycles. The highest BCUT2D eigenvalue weighted by atomic mass is 16.1. The molecule has 5 heteroatoms. The van der Waals surface area contributed by atoms with Crippen molar-refractivity contribution in [1.29, 1.82) is 0 Å². The molecule has 0 bridgehead atoms. The standard InChI is InChI=1S/C13H10N4O/c18-13-2-1-10(11-7-15-16-8-11)9-17(13)12-3-5-14-6-4-12/h1-9H,(H,15,16). The van der Waals surface area contributed by atoms with Gasteiger partial charge in [-0.25, -0.2) is 0 Å². The Labute approximate surface area is 103 Å². The molecule has 0 saturated carbocycles. The van der Waals surface area contributed by atoms with E-state index in [-0.39, 0.29) is 5.56 Å². The Morgan fingerprint density at radius 3 is 2.61 bits per heavy atom. The molecule has 3 rings (SSSR count). The Bertz CT molecular complexity index is 701. The molecule has 3 heterocycles. The van der Waals surface area contributed by atoms with Crippen LogP contribution in [-0.2, 0) is 0 Å². The number of hydrogen-bond acceptors (Lipinski definition) is 3. The van der Waals surface area contributed by atoms with Gasteiger partial charge in [0.2, 0.25) is 0 Å². The van der Waals surface area contributed by atoms with Gasteiger partial charge in [-0.3, -0.25) is 19.4 Å². The van der Waals surface area contributed by atoms with Crippen molar-refractivity contribution in [1.82, 2.24) is 19.7 Å². The monoisotopic (exact) mass is 238 g/mol. The fraction of sp³-hybridized carbons (Fsp3) is 0. The zero-order valence-corrected chi connectivity index (χ0v) is 9.45. The Kier molecular flexibility index (Phi) is 2.49. The lowest BCUT2D eigenvalue weighted by atomic mass is 10.1. The topological polar surface area (TPSA) is 63.6 Å². The molecule has 0 aliphatic rings. The molecule has 3 aromatic heterocycles. The van der Waals surface area contributed by atoms with E-state index in [1.807, 2.05) is 0 Å². The van der Waals surface area contributed by atoms with Gasteiger partial charge in [0.15, 0.2) is 0 Å². The van der Waals surface area contributed by atoms with Crippen molar-refractivity contribution in [2.24, 2.45) is 0 Å². The molecule has 0 saturated heterocycles. The Morgan fingerprint density at radius 2 is 1.89 bits per heavy atom. The molecule has 0 aliphatic heterocycles. The zero-order chi connectivity index (χ0) is 12.4. The van der Waals surface area contributed by atoms with Crippen LogP contribution >= 0.6 is 0 Å². The number of nitrogens with zero attached hydrogens (tertiary/aromatic N) is 3. The van der Waals surface area contributed by atoms with Gasteiger partial charge in [0.1, 0.15) is 0 Å². The Hall–Kier alpha value is -2.69. The van der Waals surface area contributed by atoms with Crippen LogP contribution < -0.4 is 5.56 Å². The minimum Gasteiger partial charge on any atom is -0.285 e.